The highest BCUT2D eigenvalue weighted by atomic mass is 32.1. The maximum absolute atomic E-state index is 13.2. The van der Waals surface area contributed by atoms with E-state index in [0.717, 1.165) is 21.8 Å². The smallest absolute Gasteiger partial charge is 0.157 e. The normalized spacial score (nSPS) is 32.5. The van der Waals surface area contributed by atoms with Crippen LogP contribution in [0.1, 0.15) is 71.5 Å². The molecule has 190 valence electrons. The van der Waals surface area contributed by atoms with E-state index in [2.05, 4.69) is 11.1 Å². The molecule has 2 heterocycles. The van der Waals surface area contributed by atoms with Crippen molar-refractivity contribution in [3.8, 4) is 0 Å². The van der Waals surface area contributed by atoms with Crippen LogP contribution in [0.3, 0.4) is 0 Å². The van der Waals surface area contributed by atoms with E-state index in [-0.39, 0.29) is 18.1 Å². The molecule has 1 aromatic heterocycles. The summed E-state index contributed by atoms with van der Waals surface area (Å²) in [6.45, 7) is 12.8. The summed E-state index contributed by atoms with van der Waals surface area (Å²) in [6, 6.07) is 0. The fourth-order valence-electron chi connectivity index (χ4n) is 4.19. The van der Waals surface area contributed by atoms with Crippen LogP contribution in [0.25, 0.3) is 6.08 Å². The van der Waals surface area contributed by atoms with E-state index in [1.54, 1.807) is 32.1 Å². The summed E-state index contributed by atoms with van der Waals surface area (Å²) in [7, 11) is 0. The number of aryl methyl sites for hydroxylation is 1. The van der Waals surface area contributed by atoms with Gasteiger partial charge in [0.2, 0.25) is 0 Å². The summed E-state index contributed by atoms with van der Waals surface area (Å²) < 4.78 is 5.98. The van der Waals surface area contributed by atoms with Crippen molar-refractivity contribution < 1.29 is 24.9 Å². The third kappa shape index (κ3) is 7.68. The van der Waals surface area contributed by atoms with Gasteiger partial charge >= 0.3 is 0 Å². The lowest BCUT2D eigenvalue weighted by atomic mass is 9.73. The Labute approximate surface area is 208 Å². The summed E-state index contributed by atoms with van der Waals surface area (Å²) in [6.07, 6.45) is 5.49. The molecular weight excluding hydrogens is 450 g/mol. The molecular formula is C27H41NO5S. The molecule has 0 bridgehead atoms. The van der Waals surface area contributed by atoms with Crippen molar-refractivity contribution >= 4 is 23.2 Å². The van der Waals surface area contributed by atoms with Gasteiger partial charge in [-0.1, -0.05) is 51.5 Å². The molecule has 6 atom stereocenters. The zero-order chi connectivity index (χ0) is 25.6. The Hall–Kier alpha value is -1.64. The van der Waals surface area contributed by atoms with Crippen molar-refractivity contribution in [2.24, 2.45) is 17.3 Å². The molecule has 0 saturated carbocycles. The number of carbonyl (C=O) groups excluding carboxylic acids is 1. The van der Waals surface area contributed by atoms with Crippen LogP contribution in [0, 0.1) is 24.2 Å². The predicted octanol–water partition coefficient (Wildman–Crippen LogP) is 4.83. The number of hydrogen-bond acceptors (Lipinski definition) is 7. The van der Waals surface area contributed by atoms with Crippen LogP contribution in [0.2, 0.25) is 0 Å². The summed E-state index contributed by atoms with van der Waals surface area (Å²) in [4.78, 5) is 17.7. The molecule has 0 amide bonds. The highest BCUT2D eigenvalue weighted by Gasteiger charge is 2.42. The van der Waals surface area contributed by atoms with Crippen molar-refractivity contribution in [3.05, 3.63) is 45.5 Å². The predicted molar refractivity (Wildman–Crippen MR) is 137 cm³/mol. The first-order valence-electron chi connectivity index (χ1n) is 12.0. The van der Waals surface area contributed by atoms with E-state index in [9.17, 15) is 20.1 Å². The number of ether oxygens (including phenoxy) is 1. The number of thiazole rings is 1. The lowest BCUT2D eigenvalue weighted by Crippen LogP contribution is -2.46. The second-order valence-electron chi connectivity index (χ2n) is 10.2. The van der Waals surface area contributed by atoms with E-state index in [1.807, 2.05) is 51.3 Å². The summed E-state index contributed by atoms with van der Waals surface area (Å²) in [5, 5.41) is 35.3. The summed E-state index contributed by atoms with van der Waals surface area (Å²) in [5.41, 5.74) is 1.75. The van der Waals surface area contributed by atoms with Crippen LogP contribution in [-0.2, 0) is 9.53 Å². The fraction of sp³-hybridized carbons (Fsp3) is 0.630. The van der Waals surface area contributed by atoms with Gasteiger partial charge in [-0.2, -0.15) is 0 Å². The number of allylic oxidation sites excluding steroid dienone is 2. The monoisotopic (exact) mass is 491 g/mol. The van der Waals surface area contributed by atoms with Gasteiger partial charge in [0.1, 0.15) is 5.78 Å². The first-order chi connectivity index (χ1) is 15.8. The molecule has 7 heteroatoms. The Bertz CT molecular complexity index is 916. The van der Waals surface area contributed by atoms with Crippen molar-refractivity contribution in [3.63, 3.8) is 0 Å². The van der Waals surface area contributed by atoms with E-state index < -0.39 is 35.9 Å². The van der Waals surface area contributed by atoms with E-state index >= 15 is 0 Å². The molecule has 1 aromatic rings. The van der Waals surface area contributed by atoms with Crippen molar-refractivity contribution in [2.75, 3.05) is 0 Å². The second-order valence-corrected chi connectivity index (χ2v) is 11.2. The Morgan fingerprint density at radius 2 is 1.91 bits per heavy atom. The molecule has 6 nitrogen and oxygen atoms in total. The number of ketones is 1. The van der Waals surface area contributed by atoms with Gasteiger partial charge in [-0.05, 0) is 45.3 Å². The SMILES string of the molecule is CC1=CC[C@@H](C(C)=Cc2csc(C)n2)O[C@H](O)C[C@H](O)C(C)(C)C(=O)[C@H](C)[C@@H](O)[C@@H](C)C=CC1. The molecule has 3 N–H and O–H groups in total. The molecule has 2 rings (SSSR count). The third-order valence-corrected chi connectivity index (χ3v) is 7.55. The molecule has 0 unspecified atom stereocenters. The van der Waals surface area contributed by atoms with E-state index in [1.165, 1.54) is 0 Å². The van der Waals surface area contributed by atoms with Gasteiger partial charge in [-0.25, -0.2) is 4.98 Å². The molecule has 0 radical (unpaired) electrons. The van der Waals surface area contributed by atoms with Gasteiger partial charge in [0.15, 0.2) is 6.29 Å². The number of aliphatic hydroxyl groups excluding tert-OH is 3. The van der Waals surface area contributed by atoms with Crippen LogP contribution in [0.4, 0.5) is 0 Å². The number of aliphatic hydroxyl groups is 3. The van der Waals surface area contributed by atoms with Gasteiger partial charge in [0.05, 0.1) is 29.0 Å². The standard InChI is InChI=1S/C27H41NO5S/c1-16-9-8-10-17(2)25(31)19(4)26(32)27(6,7)23(29)14-24(30)33-22(12-11-16)18(3)13-21-15-34-20(5)28-21/h8,10-11,13,15,17,19,22-25,29-31H,9,12,14H2,1-7H3/t17-,19+,22-,23-,24-,25-/m0/s1. The lowest BCUT2D eigenvalue weighted by molar-refractivity contribution is -0.160. The zero-order valence-corrected chi connectivity index (χ0v) is 22.3. The van der Waals surface area contributed by atoms with Gasteiger partial charge in [-0.3, -0.25) is 4.79 Å². The largest absolute Gasteiger partial charge is 0.392 e. The molecule has 1 aliphatic heterocycles. The average molecular weight is 492 g/mol. The van der Waals surface area contributed by atoms with Gasteiger partial charge in [0.25, 0.3) is 0 Å². The summed E-state index contributed by atoms with van der Waals surface area (Å²) >= 11 is 1.57. The van der Waals surface area contributed by atoms with Crippen LogP contribution >= 0.6 is 11.3 Å². The number of rotatable bonds is 2. The van der Waals surface area contributed by atoms with Crippen LogP contribution in [-0.4, -0.2) is 50.7 Å². The molecule has 0 aliphatic carbocycles. The van der Waals surface area contributed by atoms with Crippen LogP contribution in [0.5, 0.6) is 0 Å². The van der Waals surface area contributed by atoms with Crippen LogP contribution < -0.4 is 0 Å². The fourth-order valence-corrected chi connectivity index (χ4v) is 4.76. The highest BCUT2D eigenvalue weighted by molar-refractivity contribution is 7.09. The summed E-state index contributed by atoms with van der Waals surface area (Å²) in [5.74, 6) is -1.11. The van der Waals surface area contributed by atoms with Crippen molar-refractivity contribution in [1.82, 2.24) is 4.98 Å². The van der Waals surface area contributed by atoms with Gasteiger partial charge in [-0.15, -0.1) is 11.3 Å². The second kappa shape index (κ2) is 12.4. The topological polar surface area (TPSA) is 99.9 Å². The minimum Gasteiger partial charge on any atom is -0.392 e. The lowest BCUT2D eigenvalue weighted by Gasteiger charge is -2.35. The Morgan fingerprint density at radius 3 is 2.53 bits per heavy atom. The van der Waals surface area contributed by atoms with Crippen molar-refractivity contribution in [1.29, 1.82) is 0 Å². The Morgan fingerprint density at radius 1 is 1.24 bits per heavy atom. The minimum atomic E-state index is -1.26. The maximum atomic E-state index is 13.2. The Balaban J connectivity index is 2.36. The molecule has 1 aliphatic rings. The third-order valence-electron chi connectivity index (χ3n) is 6.76. The minimum absolute atomic E-state index is 0.112. The first-order valence-corrected chi connectivity index (χ1v) is 12.9. The van der Waals surface area contributed by atoms with Crippen molar-refractivity contribution in [2.45, 2.75) is 92.3 Å². The number of hydrogen-bond donors (Lipinski definition) is 3. The van der Waals surface area contributed by atoms with E-state index in [4.69, 9.17) is 4.74 Å². The van der Waals surface area contributed by atoms with Gasteiger partial charge in [0, 0.05) is 29.1 Å². The molecule has 0 saturated heterocycles. The number of aromatic nitrogens is 1. The number of carbonyl (C=O) groups is 1. The Kier molecular flexibility index (Phi) is 10.4. The number of nitrogens with zero attached hydrogens (tertiary/aromatic N) is 1. The highest BCUT2D eigenvalue weighted by Crippen LogP contribution is 2.32. The van der Waals surface area contributed by atoms with Crippen LogP contribution in [0.15, 0.2) is 34.8 Å². The number of Topliss-reactive ketones (excluding diaryl/α,β-unsaturated/α-hetero) is 1. The zero-order valence-electron chi connectivity index (χ0n) is 21.5. The molecule has 34 heavy (non-hydrogen) atoms. The quantitative estimate of drug-likeness (QED) is 0.512. The molecule has 0 aromatic carbocycles. The molecule has 0 fully saturated rings. The van der Waals surface area contributed by atoms with E-state index in [0.29, 0.717) is 12.8 Å². The first kappa shape index (κ1) is 28.6. The molecule has 0 spiro atoms. The maximum Gasteiger partial charge on any atom is 0.157 e. The average Bonchev–Trinajstić information content (AvgIpc) is 3.18. The van der Waals surface area contributed by atoms with Gasteiger partial charge < -0.3 is 20.1 Å².